The SMILES string of the molecule is Cc1ccc(C=NNC(=O)c2ccc3c(c2)OCO3)cc1. The highest BCUT2D eigenvalue weighted by molar-refractivity contribution is 5.95. The lowest BCUT2D eigenvalue weighted by Gasteiger charge is -2.01. The van der Waals surface area contributed by atoms with Crippen LogP contribution in [0.3, 0.4) is 0 Å². The third-order valence-electron chi connectivity index (χ3n) is 3.09. The van der Waals surface area contributed by atoms with Crippen LogP contribution in [0, 0.1) is 6.92 Å². The first-order chi connectivity index (χ1) is 10.2. The average Bonchev–Trinajstić information content (AvgIpc) is 2.96. The van der Waals surface area contributed by atoms with Crippen LogP contribution in [0.25, 0.3) is 0 Å². The predicted octanol–water partition coefficient (Wildman–Crippen LogP) is 2.49. The van der Waals surface area contributed by atoms with Crippen LogP contribution in [0.5, 0.6) is 11.5 Å². The number of carbonyl (C=O) groups is 1. The topological polar surface area (TPSA) is 59.9 Å². The smallest absolute Gasteiger partial charge is 0.271 e. The van der Waals surface area contributed by atoms with E-state index in [9.17, 15) is 4.79 Å². The molecule has 1 amide bonds. The van der Waals surface area contributed by atoms with Gasteiger partial charge in [-0.1, -0.05) is 29.8 Å². The molecule has 1 heterocycles. The molecule has 0 unspecified atom stereocenters. The van der Waals surface area contributed by atoms with Gasteiger partial charge in [-0.3, -0.25) is 4.79 Å². The van der Waals surface area contributed by atoms with Crippen LogP contribution in [0.2, 0.25) is 0 Å². The van der Waals surface area contributed by atoms with Crippen molar-refractivity contribution in [2.75, 3.05) is 6.79 Å². The highest BCUT2D eigenvalue weighted by atomic mass is 16.7. The van der Waals surface area contributed by atoms with Crippen LogP contribution in [-0.4, -0.2) is 18.9 Å². The Labute approximate surface area is 122 Å². The molecule has 5 heteroatoms. The second-order valence-electron chi connectivity index (χ2n) is 4.68. The van der Waals surface area contributed by atoms with Gasteiger partial charge in [-0.05, 0) is 30.7 Å². The largest absolute Gasteiger partial charge is 0.454 e. The minimum atomic E-state index is -0.295. The van der Waals surface area contributed by atoms with Gasteiger partial charge in [0.25, 0.3) is 5.91 Å². The van der Waals surface area contributed by atoms with Crippen molar-refractivity contribution >= 4 is 12.1 Å². The number of rotatable bonds is 3. The number of carbonyl (C=O) groups excluding carboxylic acids is 1. The van der Waals surface area contributed by atoms with Gasteiger partial charge in [0.2, 0.25) is 6.79 Å². The second kappa shape index (κ2) is 5.66. The number of amides is 1. The van der Waals surface area contributed by atoms with E-state index in [2.05, 4.69) is 10.5 Å². The van der Waals surface area contributed by atoms with Crippen LogP contribution < -0.4 is 14.9 Å². The molecule has 0 saturated carbocycles. The van der Waals surface area contributed by atoms with Crippen LogP contribution in [0.1, 0.15) is 21.5 Å². The molecule has 0 aromatic heterocycles. The van der Waals surface area contributed by atoms with Gasteiger partial charge in [-0.15, -0.1) is 0 Å². The lowest BCUT2D eigenvalue weighted by atomic mass is 10.2. The molecule has 1 aliphatic heterocycles. The first kappa shape index (κ1) is 13.2. The quantitative estimate of drug-likeness (QED) is 0.695. The maximum absolute atomic E-state index is 12.0. The van der Waals surface area contributed by atoms with Crippen molar-refractivity contribution in [1.29, 1.82) is 0 Å². The molecule has 0 aliphatic carbocycles. The Balaban J connectivity index is 1.65. The normalized spacial score (nSPS) is 12.6. The molecule has 2 aromatic carbocycles. The zero-order chi connectivity index (χ0) is 14.7. The van der Waals surface area contributed by atoms with Crippen molar-refractivity contribution in [1.82, 2.24) is 5.43 Å². The molecule has 2 aromatic rings. The Morgan fingerprint density at radius 1 is 1.14 bits per heavy atom. The van der Waals surface area contributed by atoms with Gasteiger partial charge in [-0.2, -0.15) is 5.10 Å². The number of benzene rings is 2. The van der Waals surface area contributed by atoms with Crippen molar-refractivity contribution in [3.63, 3.8) is 0 Å². The Kier molecular flexibility index (Phi) is 3.55. The van der Waals surface area contributed by atoms with Crippen LogP contribution in [0.4, 0.5) is 0 Å². The van der Waals surface area contributed by atoms with E-state index in [0.29, 0.717) is 17.1 Å². The van der Waals surface area contributed by atoms with E-state index in [-0.39, 0.29) is 12.7 Å². The summed E-state index contributed by atoms with van der Waals surface area (Å²) in [5.74, 6) is 0.927. The highest BCUT2D eigenvalue weighted by Crippen LogP contribution is 2.32. The molecule has 3 rings (SSSR count). The van der Waals surface area contributed by atoms with Crippen LogP contribution >= 0.6 is 0 Å². The molecule has 0 radical (unpaired) electrons. The molecular weight excluding hydrogens is 268 g/mol. The maximum Gasteiger partial charge on any atom is 0.271 e. The lowest BCUT2D eigenvalue weighted by molar-refractivity contribution is 0.0954. The molecule has 1 aliphatic rings. The summed E-state index contributed by atoms with van der Waals surface area (Å²) < 4.78 is 10.4. The van der Waals surface area contributed by atoms with E-state index >= 15 is 0 Å². The van der Waals surface area contributed by atoms with Gasteiger partial charge in [0, 0.05) is 5.56 Å². The number of ether oxygens (including phenoxy) is 2. The van der Waals surface area contributed by atoms with Crippen molar-refractivity contribution < 1.29 is 14.3 Å². The third-order valence-corrected chi connectivity index (χ3v) is 3.09. The fourth-order valence-electron chi connectivity index (χ4n) is 1.92. The monoisotopic (exact) mass is 282 g/mol. The summed E-state index contributed by atoms with van der Waals surface area (Å²) in [7, 11) is 0. The molecule has 0 spiro atoms. The fraction of sp³-hybridized carbons (Fsp3) is 0.125. The average molecular weight is 282 g/mol. The first-order valence-corrected chi connectivity index (χ1v) is 6.52. The van der Waals surface area contributed by atoms with E-state index in [1.54, 1.807) is 24.4 Å². The summed E-state index contributed by atoms with van der Waals surface area (Å²) in [6.45, 7) is 2.20. The molecular formula is C16H14N2O3. The Bertz CT molecular complexity index is 693. The number of nitrogens with zero attached hydrogens (tertiary/aromatic N) is 1. The van der Waals surface area contributed by atoms with Gasteiger partial charge in [0.15, 0.2) is 11.5 Å². The number of hydrazone groups is 1. The summed E-state index contributed by atoms with van der Waals surface area (Å²) in [5, 5.41) is 3.94. The van der Waals surface area contributed by atoms with Crippen molar-refractivity contribution in [3.05, 3.63) is 59.2 Å². The summed E-state index contributed by atoms with van der Waals surface area (Å²) >= 11 is 0. The summed E-state index contributed by atoms with van der Waals surface area (Å²) in [6.07, 6.45) is 1.60. The molecule has 0 saturated heterocycles. The van der Waals surface area contributed by atoms with E-state index < -0.39 is 0 Å². The first-order valence-electron chi connectivity index (χ1n) is 6.52. The number of nitrogens with one attached hydrogen (secondary N) is 1. The third kappa shape index (κ3) is 3.02. The molecule has 106 valence electrons. The van der Waals surface area contributed by atoms with E-state index in [1.165, 1.54) is 5.56 Å². The van der Waals surface area contributed by atoms with Crippen molar-refractivity contribution in [3.8, 4) is 11.5 Å². The molecule has 0 fully saturated rings. The van der Waals surface area contributed by atoms with Crippen LogP contribution in [-0.2, 0) is 0 Å². The summed E-state index contributed by atoms with van der Waals surface area (Å²) in [5.41, 5.74) is 5.06. The zero-order valence-corrected chi connectivity index (χ0v) is 11.5. The van der Waals surface area contributed by atoms with Gasteiger partial charge < -0.3 is 9.47 Å². The molecule has 1 N–H and O–H groups in total. The molecule has 21 heavy (non-hydrogen) atoms. The second-order valence-corrected chi connectivity index (χ2v) is 4.68. The van der Waals surface area contributed by atoms with E-state index in [1.807, 2.05) is 31.2 Å². The Hall–Kier alpha value is -2.82. The van der Waals surface area contributed by atoms with Crippen LogP contribution in [0.15, 0.2) is 47.6 Å². The van der Waals surface area contributed by atoms with Gasteiger partial charge in [-0.25, -0.2) is 5.43 Å². The Morgan fingerprint density at radius 3 is 2.71 bits per heavy atom. The standard InChI is InChI=1S/C16H14N2O3/c1-11-2-4-12(5-3-11)9-17-18-16(19)13-6-7-14-15(8-13)21-10-20-14/h2-9H,10H2,1H3,(H,18,19). The fourth-order valence-corrected chi connectivity index (χ4v) is 1.92. The summed E-state index contributed by atoms with van der Waals surface area (Å²) in [6, 6.07) is 12.9. The number of hydrogen-bond acceptors (Lipinski definition) is 4. The zero-order valence-electron chi connectivity index (χ0n) is 11.5. The van der Waals surface area contributed by atoms with Crippen molar-refractivity contribution in [2.45, 2.75) is 6.92 Å². The lowest BCUT2D eigenvalue weighted by Crippen LogP contribution is -2.17. The Morgan fingerprint density at radius 2 is 1.90 bits per heavy atom. The van der Waals surface area contributed by atoms with E-state index in [4.69, 9.17) is 9.47 Å². The number of hydrogen-bond donors (Lipinski definition) is 1. The van der Waals surface area contributed by atoms with Gasteiger partial charge >= 0.3 is 0 Å². The summed E-state index contributed by atoms with van der Waals surface area (Å²) in [4.78, 5) is 12.0. The maximum atomic E-state index is 12.0. The number of fused-ring (bicyclic) bond motifs is 1. The minimum absolute atomic E-state index is 0.186. The highest BCUT2D eigenvalue weighted by Gasteiger charge is 2.15. The van der Waals surface area contributed by atoms with Gasteiger partial charge in [0.05, 0.1) is 6.21 Å². The molecule has 0 atom stereocenters. The molecule has 5 nitrogen and oxygen atoms in total. The number of aryl methyl sites for hydroxylation is 1. The molecule has 0 bridgehead atoms. The minimum Gasteiger partial charge on any atom is -0.454 e. The predicted molar refractivity (Wildman–Crippen MR) is 78.8 cm³/mol. The van der Waals surface area contributed by atoms with E-state index in [0.717, 1.165) is 5.56 Å². The van der Waals surface area contributed by atoms with Gasteiger partial charge in [0.1, 0.15) is 0 Å². The van der Waals surface area contributed by atoms with Crippen molar-refractivity contribution in [2.24, 2.45) is 5.10 Å².